The summed E-state index contributed by atoms with van der Waals surface area (Å²) in [5, 5.41) is 3.27. The Morgan fingerprint density at radius 2 is 2.15 bits per heavy atom. The molecule has 0 saturated heterocycles. The molecule has 0 amide bonds. The first-order valence-electron chi connectivity index (χ1n) is 4.53. The summed E-state index contributed by atoms with van der Waals surface area (Å²) in [6.07, 6.45) is 0. The van der Waals surface area contributed by atoms with Crippen molar-refractivity contribution in [3.63, 3.8) is 0 Å². The number of nitrogens with one attached hydrogen (secondary N) is 1. The zero-order valence-electron chi connectivity index (χ0n) is 8.27. The molecule has 3 nitrogen and oxygen atoms in total. The summed E-state index contributed by atoms with van der Waals surface area (Å²) in [6.45, 7) is 7.41. The van der Waals surface area contributed by atoms with Gasteiger partial charge in [0.25, 0.3) is 0 Å². The Morgan fingerprint density at radius 3 is 2.69 bits per heavy atom. The quantitative estimate of drug-likeness (QED) is 0.659. The minimum absolute atomic E-state index is 0.178. The fourth-order valence-corrected chi connectivity index (χ4v) is 2.20. The number of rotatable bonds is 1. The van der Waals surface area contributed by atoms with E-state index in [0.29, 0.717) is 0 Å². The highest BCUT2D eigenvalue weighted by Crippen LogP contribution is 2.24. The second-order valence-corrected chi connectivity index (χ2v) is 3.60. The molecule has 0 unspecified atom stereocenters. The zero-order valence-corrected chi connectivity index (χ0v) is 8.27. The SMILES string of the molecule is CC(=O)c1c(C)c2n(c1C)CNC2. The largest absolute Gasteiger partial charge is 0.334 e. The van der Waals surface area contributed by atoms with E-state index in [4.69, 9.17) is 0 Å². The Bertz CT molecular complexity index is 349. The molecule has 1 aliphatic rings. The highest BCUT2D eigenvalue weighted by Gasteiger charge is 2.22. The first-order valence-corrected chi connectivity index (χ1v) is 4.53. The van der Waals surface area contributed by atoms with Gasteiger partial charge in [-0.2, -0.15) is 0 Å². The van der Waals surface area contributed by atoms with Crippen molar-refractivity contribution in [2.75, 3.05) is 0 Å². The maximum atomic E-state index is 11.4. The molecule has 70 valence electrons. The van der Waals surface area contributed by atoms with Gasteiger partial charge in [-0.3, -0.25) is 10.1 Å². The molecule has 2 rings (SSSR count). The van der Waals surface area contributed by atoms with E-state index in [1.807, 2.05) is 13.8 Å². The van der Waals surface area contributed by atoms with Crippen LogP contribution in [0.1, 0.15) is 34.2 Å². The molecule has 1 N–H and O–H groups in total. The zero-order chi connectivity index (χ0) is 9.59. The average molecular weight is 178 g/mol. The number of nitrogens with zero attached hydrogens (tertiary/aromatic N) is 1. The summed E-state index contributed by atoms with van der Waals surface area (Å²) in [5.41, 5.74) is 4.43. The number of aromatic nitrogens is 1. The monoisotopic (exact) mass is 178 g/mol. The van der Waals surface area contributed by atoms with Crippen LogP contribution >= 0.6 is 0 Å². The molecule has 0 atom stereocenters. The van der Waals surface area contributed by atoms with Crippen molar-refractivity contribution in [1.29, 1.82) is 0 Å². The lowest BCUT2D eigenvalue weighted by Gasteiger charge is -2.01. The summed E-state index contributed by atoms with van der Waals surface area (Å²) in [6, 6.07) is 0. The Labute approximate surface area is 77.7 Å². The van der Waals surface area contributed by atoms with Crippen LogP contribution < -0.4 is 5.32 Å². The van der Waals surface area contributed by atoms with Crippen molar-refractivity contribution in [3.05, 3.63) is 22.5 Å². The van der Waals surface area contributed by atoms with E-state index in [2.05, 4.69) is 9.88 Å². The number of hydrogen-bond acceptors (Lipinski definition) is 2. The maximum absolute atomic E-state index is 11.4. The van der Waals surface area contributed by atoms with Gasteiger partial charge in [0.15, 0.2) is 5.78 Å². The van der Waals surface area contributed by atoms with Crippen LogP contribution in [0.3, 0.4) is 0 Å². The molecule has 0 radical (unpaired) electrons. The topological polar surface area (TPSA) is 34.0 Å². The van der Waals surface area contributed by atoms with Crippen molar-refractivity contribution in [3.8, 4) is 0 Å². The third-order valence-electron chi connectivity index (χ3n) is 2.81. The molecular formula is C10H14N2O. The van der Waals surface area contributed by atoms with E-state index in [1.54, 1.807) is 6.92 Å². The van der Waals surface area contributed by atoms with Gasteiger partial charge in [-0.25, -0.2) is 0 Å². The van der Waals surface area contributed by atoms with Crippen LogP contribution in [0.2, 0.25) is 0 Å². The molecule has 0 fully saturated rings. The van der Waals surface area contributed by atoms with Gasteiger partial charge in [-0.1, -0.05) is 0 Å². The average Bonchev–Trinajstić information content (AvgIpc) is 2.56. The van der Waals surface area contributed by atoms with Gasteiger partial charge in [0.1, 0.15) is 0 Å². The van der Waals surface area contributed by atoms with Gasteiger partial charge in [-0.05, 0) is 26.3 Å². The van der Waals surface area contributed by atoms with Crippen LogP contribution in [-0.2, 0) is 13.2 Å². The standard InChI is InChI=1S/C10H14N2O/c1-6-9-4-11-5-12(9)7(2)10(6)8(3)13/h11H,4-5H2,1-3H3. The number of carbonyl (C=O) groups is 1. The molecule has 13 heavy (non-hydrogen) atoms. The van der Waals surface area contributed by atoms with Crippen molar-refractivity contribution >= 4 is 5.78 Å². The van der Waals surface area contributed by atoms with E-state index in [0.717, 1.165) is 30.0 Å². The molecule has 3 heteroatoms. The van der Waals surface area contributed by atoms with Crippen molar-refractivity contribution in [2.24, 2.45) is 0 Å². The normalized spacial score (nSPS) is 14.7. The summed E-state index contributed by atoms with van der Waals surface area (Å²) < 4.78 is 2.19. The molecule has 0 aromatic carbocycles. The van der Waals surface area contributed by atoms with Crippen molar-refractivity contribution < 1.29 is 4.79 Å². The van der Waals surface area contributed by atoms with Gasteiger partial charge in [0.2, 0.25) is 0 Å². The minimum Gasteiger partial charge on any atom is -0.334 e. The molecule has 0 bridgehead atoms. The summed E-state index contributed by atoms with van der Waals surface area (Å²) in [7, 11) is 0. The lowest BCUT2D eigenvalue weighted by molar-refractivity contribution is 0.101. The van der Waals surface area contributed by atoms with Gasteiger partial charge in [0.05, 0.1) is 6.67 Å². The van der Waals surface area contributed by atoms with E-state index in [9.17, 15) is 4.79 Å². The van der Waals surface area contributed by atoms with Crippen LogP contribution in [0, 0.1) is 13.8 Å². The molecule has 1 aromatic heterocycles. The molecule has 2 heterocycles. The van der Waals surface area contributed by atoms with E-state index in [-0.39, 0.29) is 5.78 Å². The fourth-order valence-electron chi connectivity index (χ4n) is 2.20. The van der Waals surface area contributed by atoms with E-state index < -0.39 is 0 Å². The lowest BCUT2D eigenvalue weighted by Crippen LogP contribution is -2.08. The third kappa shape index (κ3) is 1.04. The number of fused-ring (bicyclic) bond motifs is 1. The maximum Gasteiger partial charge on any atom is 0.161 e. The summed E-state index contributed by atoms with van der Waals surface area (Å²) in [5.74, 6) is 0.178. The second-order valence-electron chi connectivity index (χ2n) is 3.60. The van der Waals surface area contributed by atoms with Crippen molar-refractivity contribution in [1.82, 2.24) is 9.88 Å². The van der Waals surface area contributed by atoms with Crippen LogP contribution in [-0.4, -0.2) is 10.4 Å². The second kappa shape index (κ2) is 2.70. The van der Waals surface area contributed by atoms with E-state index in [1.165, 1.54) is 5.69 Å². The number of carbonyl (C=O) groups excluding carboxylic acids is 1. The Balaban J connectivity index is 2.66. The smallest absolute Gasteiger partial charge is 0.161 e. The molecular weight excluding hydrogens is 164 g/mol. The number of hydrogen-bond donors (Lipinski definition) is 1. The van der Waals surface area contributed by atoms with Crippen LogP contribution in [0.5, 0.6) is 0 Å². The van der Waals surface area contributed by atoms with Crippen LogP contribution in [0.25, 0.3) is 0 Å². The predicted octanol–water partition coefficient (Wildman–Crippen LogP) is 1.37. The first-order chi connectivity index (χ1) is 6.13. The summed E-state index contributed by atoms with van der Waals surface area (Å²) >= 11 is 0. The molecule has 0 saturated carbocycles. The van der Waals surface area contributed by atoms with Gasteiger partial charge < -0.3 is 4.57 Å². The highest BCUT2D eigenvalue weighted by atomic mass is 16.1. The van der Waals surface area contributed by atoms with Gasteiger partial charge in [0, 0.05) is 23.5 Å². The Kier molecular flexibility index (Phi) is 1.77. The highest BCUT2D eigenvalue weighted by molar-refractivity contribution is 5.97. The number of ketones is 1. The molecule has 0 spiro atoms. The van der Waals surface area contributed by atoms with Gasteiger partial charge in [-0.15, -0.1) is 0 Å². The molecule has 0 aliphatic carbocycles. The minimum atomic E-state index is 0.178. The lowest BCUT2D eigenvalue weighted by atomic mass is 10.1. The summed E-state index contributed by atoms with van der Waals surface area (Å²) in [4.78, 5) is 11.4. The van der Waals surface area contributed by atoms with Crippen LogP contribution in [0.4, 0.5) is 0 Å². The van der Waals surface area contributed by atoms with Crippen LogP contribution in [0.15, 0.2) is 0 Å². The predicted molar refractivity (Wildman–Crippen MR) is 50.8 cm³/mol. The molecule has 1 aromatic rings. The van der Waals surface area contributed by atoms with E-state index >= 15 is 0 Å². The Morgan fingerprint density at radius 1 is 1.46 bits per heavy atom. The Hall–Kier alpha value is -1.09. The fraction of sp³-hybridized carbons (Fsp3) is 0.500. The van der Waals surface area contributed by atoms with Gasteiger partial charge >= 0.3 is 0 Å². The van der Waals surface area contributed by atoms with Crippen molar-refractivity contribution in [2.45, 2.75) is 34.0 Å². The molecule has 1 aliphatic heterocycles. The third-order valence-corrected chi connectivity index (χ3v) is 2.81. The first kappa shape index (κ1) is 8.51. The number of Topliss-reactive ketones (excluding diaryl/α,β-unsaturated/α-hetero) is 1.